The molecule has 0 spiro atoms. The topological polar surface area (TPSA) is 98.7 Å². The van der Waals surface area contributed by atoms with Crippen LogP contribution in [0.3, 0.4) is 0 Å². The Kier molecular flexibility index (Phi) is 9.83. The summed E-state index contributed by atoms with van der Waals surface area (Å²) in [4.78, 5) is 41.6. The Bertz CT molecular complexity index is 1370. The smallest absolute Gasteiger partial charge is 0.254 e. The first-order valence-electron chi connectivity index (χ1n) is 13.6. The van der Waals surface area contributed by atoms with Gasteiger partial charge in [-0.15, -0.1) is 11.8 Å². The molecule has 1 saturated heterocycles. The number of thioether (sulfide) groups is 1. The fourth-order valence-electron chi connectivity index (χ4n) is 5.00. The standard InChI is InChI=1S/C32H36FN3O4S/c1-21-9-7-8-12-24(21)19-34-30(39)29-32(2,3)41-20-36(29)31(40)28(38)26(17-22-10-5-4-6-11-22)35-27(37)18-23-13-15-25(33)16-14-23/h4-16,26,28-29,38H,17-20H2,1-3H3,(H,34,39)(H,35,37). The third-order valence-corrected chi connectivity index (χ3v) is 8.72. The molecule has 41 heavy (non-hydrogen) atoms. The zero-order valence-electron chi connectivity index (χ0n) is 23.5. The van der Waals surface area contributed by atoms with Crippen molar-refractivity contribution >= 4 is 29.5 Å². The number of hydrogen-bond acceptors (Lipinski definition) is 5. The van der Waals surface area contributed by atoms with Gasteiger partial charge in [-0.2, -0.15) is 0 Å². The molecule has 0 bridgehead atoms. The van der Waals surface area contributed by atoms with Gasteiger partial charge in [0.05, 0.1) is 18.3 Å². The number of hydrogen-bond donors (Lipinski definition) is 3. The third-order valence-electron chi connectivity index (χ3n) is 7.35. The van der Waals surface area contributed by atoms with E-state index in [1.807, 2.05) is 75.4 Å². The number of benzene rings is 3. The number of halogens is 1. The first kappa shape index (κ1) is 30.3. The fraction of sp³-hybridized carbons (Fsp3) is 0.344. The van der Waals surface area contributed by atoms with Gasteiger partial charge >= 0.3 is 0 Å². The summed E-state index contributed by atoms with van der Waals surface area (Å²) >= 11 is 1.46. The van der Waals surface area contributed by atoms with Gasteiger partial charge in [0.25, 0.3) is 5.91 Å². The van der Waals surface area contributed by atoms with Crippen molar-refractivity contribution in [2.75, 3.05) is 5.88 Å². The van der Waals surface area contributed by atoms with Crippen LogP contribution in [0.15, 0.2) is 78.9 Å². The molecule has 3 amide bonds. The zero-order valence-corrected chi connectivity index (χ0v) is 24.3. The molecule has 1 fully saturated rings. The summed E-state index contributed by atoms with van der Waals surface area (Å²) in [5.74, 6) is -1.51. The Morgan fingerprint density at radius 1 is 1.00 bits per heavy atom. The maximum absolute atomic E-state index is 13.8. The van der Waals surface area contributed by atoms with E-state index >= 15 is 0 Å². The van der Waals surface area contributed by atoms with Crippen molar-refractivity contribution in [2.45, 2.75) is 63.1 Å². The molecule has 1 aliphatic rings. The van der Waals surface area contributed by atoms with E-state index in [0.717, 1.165) is 16.7 Å². The van der Waals surface area contributed by atoms with Crippen LogP contribution < -0.4 is 10.6 Å². The van der Waals surface area contributed by atoms with Crippen molar-refractivity contribution in [3.8, 4) is 0 Å². The summed E-state index contributed by atoms with van der Waals surface area (Å²) in [7, 11) is 0. The summed E-state index contributed by atoms with van der Waals surface area (Å²) in [6.45, 7) is 6.10. The minimum absolute atomic E-state index is 0.0387. The molecule has 3 N–H and O–H groups in total. The molecule has 3 atom stereocenters. The largest absolute Gasteiger partial charge is 0.381 e. The highest BCUT2D eigenvalue weighted by Crippen LogP contribution is 2.40. The van der Waals surface area contributed by atoms with Crippen molar-refractivity contribution < 1.29 is 23.9 Å². The number of aliphatic hydroxyl groups is 1. The van der Waals surface area contributed by atoms with Gasteiger partial charge in [-0.1, -0.05) is 66.7 Å². The Labute approximate surface area is 244 Å². The molecule has 4 rings (SSSR count). The van der Waals surface area contributed by atoms with Crippen molar-refractivity contribution in [2.24, 2.45) is 0 Å². The Morgan fingerprint density at radius 3 is 2.34 bits per heavy atom. The van der Waals surface area contributed by atoms with E-state index in [0.29, 0.717) is 12.1 Å². The predicted octanol–water partition coefficient (Wildman–Crippen LogP) is 3.76. The van der Waals surface area contributed by atoms with Crippen molar-refractivity contribution in [3.05, 3.63) is 107 Å². The number of rotatable bonds is 10. The monoisotopic (exact) mass is 577 g/mol. The minimum Gasteiger partial charge on any atom is -0.381 e. The van der Waals surface area contributed by atoms with Crippen LogP contribution in [-0.2, 0) is 33.8 Å². The summed E-state index contributed by atoms with van der Waals surface area (Å²) < 4.78 is 12.7. The molecule has 3 aromatic carbocycles. The lowest BCUT2D eigenvalue weighted by Gasteiger charge is -2.33. The van der Waals surface area contributed by atoms with Crippen molar-refractivity contribution in [3.63, 3.8) is 0 Å². The van der Waals surface area contributed by atoms with Crippen LogP contribution in [0.5, 0.6) is 0 Å². The molecule has 3 unspecified atom stereocenters. The van der Waals surface area contributed by atoms with Gasteiger partial charge in [-0.3, -0.25) is 14.4 Å². The first-order chi connectivity index (χ1) is 19.5. The number of nitrogens with one attached hydrogen (secondary N) is 2. The van der Waals surface area contributed by atoms with Crippen LogP contribution >= 0.6 is 11.8 Å². The highest BCUT2D eigenvalue weighted by molar-refractivity contribution is 8.00. The predicted molar refractivity (Wildman–Crippen MR) is 158 cm³/mol. The number of carbonyl (C=O) groups is 3. The quantitative estimate of drug-likeness (QED) is 0.341. The molecule has 9 heteroatoms. The molecular formula is C32H36FN3O4S. The van der Waals surface area contributed by atoms with Gasteiger partial charge < -0.3 is 20.6 Å². The van der Waals surface area contributed by atoms with Gasteiger partial charge in [0.1, 0.15) is 11.9 Å². The number of carbonyl (C=O) groups excluding carboxylic acids is 3. The lowest BCUT2D eigenvalue weighted by Crippen LogP contribution is -2.58. The second-order valence-electron chi connectivity index (χ2n) is 10.8. The summed E-state index contributed by atoms with van der Waals surface area (Å²) in [5.41, 5.74) is 3.46. The lowest BCUT2D eigenvalue weighted by molar-refractivity contribution is -0.147. The highest BCUT2D eigenvalue weighted by atomic mass is 32.2. The normalized spacial score (nSPS) is 17.5. The molecular weight excluding hydrogens is 541 g/mol. The Balaban J connectivity index is 1.50. The third kappa shape index (κ3) is 7.74. The molecule has 0 saturated carbocycles. The number of aliphatic hydroxyl groups excluding tert-OH is 1. The maximum atomic E-state index is 13.8. The van der Waals surface area contributed by atoms with E-state index in [-0.39, 0.29) is 24.6 Å². The van der Waals surface area contributed by atoms with Crippen LogP contribution in [-0.4, -0.2) is 56.5 Å². The van der Waals surface area contributed by atoms with Crippen LogP contribution in [0.4, 0.5) is 4.39 Å². The summed E-state index contributed by atoms with van der Waals surface area (Å²) in [5, 5.41) is 17.2. The Morgan fingerprint density at radius 2 is 1.66 bits per heavy atom. The van der Waals surface area contributed by atoms with Crippen molar-refractivity contribution in [1.82, 2.24) is 15.5 Å². The molecule has 0 aliphatic carbocycles. The van der Waals surface area contributed by atoms with Gasteiger partial charge in [0.2, 0.25) is 11.8 Å². The SMILES string of the molecule is Cc1ccccc1CNC(=O)C1N(C(=O)C(O)C(Cc2ccccc2)NC(=O)Cc2ccc(F)cc2)CSC1(C)C. The average Bonchev–Trinajstić information content (AvgIpc) is 3.27. The fourth-order valence-corrected chi connectivity index (χ4v) is 6.14. The van der Waals surface area contributed by atoms with Crippen LogP contribution in [0.25, 0.3) is 0 Å². The van der Waals surface area contributed by atoms with Gasteiger partial charge in [0, 0.05) is 11.3 Å². The highest BCUT2D eigenvalue weighted by Gasteiger charge is 2.49. The number of amides is 3. The van der Waals surface area contributed by atoms with Gasteiger partial charge in [-0.05, 0) is 61.6 Å². The first-order valence-corrected chi connectivity index (χ1v) is 14.6. The van der Waals surface area contributed by atoms with Crippen LogP contribution in [0.2, 0.25) is 0 Å². The average molecular weight is 578 g/mol. The Hall–Kier alpha value is -3.69. The molecule has 216 valence electrons. The summed E-state index contributed by atoms with van der Waals surface area (Å²) in [6, 6.07) is 20.9. The zero-order chi connectivity index (χ0) is 29.6. The second kappa shape index (κ2) is 13.3. The van der Waals surface area contributed by atoms with E-state index in [1.54, 1.807) is 0 Å². The number of nitrogens with zero attached hydrogens (tertiary/aromatic N) is 1. The lowest BCUT2D eigenvalue weighted by atomic mass is 9.96. The molecule has 7 nitrogen and oxygen atoms in total. The van der Waals surface area contributed by atoms with E-state index in [9.17, 15) is 23.9 Å². The van der Waals surface area contributed by atoms with E-state index < -0.39 is 40.6 Å². The second-order valence-corrected chi connectivity index (χ2v) is 12.4. The maximum Gasteiger partial charge on any atom is 0.254 e. The molecule has 1 aliphatic heterocycles. The van der Waals surface area contributed by atoms with E-state index in [4.69, 9.17) is 0 Å². The summed E-state index contributed by atoms with van der Waals surface area (Å²) in [6.07, 6.45) is -1.42. The van der Waals surface area contributed by atoms with E-state index in [2.05, 4.69) is 10.6 Å². The molecule has 0 aromatic heterocycles. The molecule has 3 aromatic rings. The van der Waals surface area contributed by atoms with E-state index in [1.165, 1.54) is 40.9 Å². The number of aryl methyl sites for hydroxylation is 1. The van der Waals surface area contributed by atoms with Crippen molar-refractivity contribution in [1.29, 1.82) is 0 Å². The molecule has 1 heterocycles. The van der Waals surface area contributed by atoms with Crippen LogP contribution in [0, 0.1) is 12.7 Å². The van der Waals surface area contributed by atoms with Gasteiger partial charge in [0.15, 0.2) is 6.10 Å². The molecule has 0 radical (unpaired) electrons. The minimum atomic E-state index is -1.59. The van der Waals surface area contributed by atoms with Gasteiger partial charge in [-0.25, -0.2) is 4.39 Å². The van der Waals surface area contributed by atoms with Crippen LogP contribution in [0.1, 0.15) is 36.1 Å².